The van der Waals surface area contributed by atoms with E-state index in [-0.39, 0.29) is 10.7 Å². The largest absolute Gasteiger partial charge is 0.330 e. The van der Waals surface area contributed by atoms with Crippen LogP contribution in [0.3, 0.4) is 0 Å². The van der Waals surface area contributed by atoms with E-state index in [1.807, 2.05) is 0 Å². The lowest BCUT2D eigenvalue weighted by molar-refractivity contribution is 0.274. The quantitative estimate of drug-likeness (QED) is 0.732. The smallest absolute Gasteiger partial charge is 0.214 e. The Morgan fingerprint density at radius 1 is 1.24 bits per heavy atom. The van der Waals surface area contributed by atoms with Gasteiger partial charge in [0.2, 0.25) is 10.0 Å². The van der Waals surface area contributed by atoms with Crippen molar-refractivity contribution in [2.24, 2.45) is 11.1 Å². The van der Waals surface area contributed by atoms with Crippen LogP contribution in [-0.2, 0) is 10.0 Å². The van der Waals surface area contributed by atoms with Crippen LogP contribution in [0.4, 0.5) is 0 Å². The molecule has 0 heterocycles. The van der Waals surface area contributed by atoms with Crippen LogP contribution >= 0.6 is 0 Å². The topological polar surface area (TPSA) is 72.2 Å². The monoisotopic (exact) mass is 262 g/mol. The van der Waals surface area contributed by atoms with Crippen molar-refractivity contribution >= 4 is 10.0 Å². The molecule has 102 valence electrons. The predicted octanol–water partition coefficient (Wildman–Crippen LogP) is 1.61. The maximum absolute atomic E-state index is 12.1. The fourth-order valence-corrected chi connectivity index (χ4v) is 4.13. The first kappa shape index (κ1) is 14.9. The van der Waals surface area contributed by atoms with Crippen LogP contribution in [-0.4, -0.2) is 26.8 Å². The van der Waals surface area contributed by atoms with Crippen molar-refractivity contribution in [2.75, 3.05) is 13.1 Å². The van der Waals surface area contributed by atoms with Crippen LogP contribution < -0.4 is 10.5 Å². The van der Waals surface area contributed by atoms with E-state index >= 15 is 0 Å². The molecule has 0 bridgehead atoms. The fraction of sp³-hybridized carbons (Fsp3) is 1.00. The number of rotatable bonds is 7. The van der Waals surface area contributed by atoms with Crippen molar-refractivity contribution in [3.8, 4) is 0 Å². The SMILES string of the molecule is CCC(CC)(CN)CNS(=O)(=O)C1CCCC1. The van der Waals surface area contributed by atoms with Gasteiger partial charge in [-0.25, -0.2) is 13.1 Å². The number of hydrogen-bond donors (Lipinski definition) is 2. The average Bonchev–Trinajstić information content (AvgIpc) is 2.86. The molecule has 0 radical (unpaired) electrons. The molecule has 0 aromatic carbocycles. The molecule has 4 nitrogen and oxygen atoms in total. The molecule has 3 N–H and O–H groups in total. The second-order valence-corrected chi connectivity index (χ2v) is 7.23. The molecule has 1 fully saturated rings. The zero-order valence-corrected chi connectivity index (χ0v) is 11.9. The maximum Gasteiger partial charge on any atom is 0.214 e. The molecule has 1 rings (SSSR count). The summed E-state index contributed by atoms with van der Waals surface area (Å²) in [6.45, 7) is 5.16. The van der Waals surface area contributed by atoms with Gasteiger partial charge in [-0.15, -0.1) is 0 Å². The highest BCUT2D eigenvalue weighted by Crippen LogP contribution is 2.27. The molecule has 1 aliphatic carbocycles. The minimum Gasteiger partial charge on any atom is -0.330 e. The number of nitrogens with two attached hydrogens (primary N) is 1. The molecule has 17 heavy (non-hydrogen) atoms. The minimum absolute atomic E-state index is 0.0777. The summed E-state index contributed by atoms with van der Waals surface area (Å²) in [6, 6.07) is 0. The van der Waals surface area contributed by atoms with E-state index < -0.39 is 10.0 Å². The van der Waals surface area contributed by atoms with Crippen LogP contribution in [0.1, 0.15) is 52.4 Å². The van der Waals surface area contributed by atoms with Crippen molar-refractivity contribution in [1.29, 1.82) is 0 Å². The number of sulfonamides is 1. The first-order valence-electron chi connectivity index (χ1n) is 6.68. The van der Waals surface area contributed by atoms with Gasteiger partial charge in [0.1, 0.15) is 0 Å². The molecule has 0 saturated heterocycles. The molecule has 0 aromatic heterocycles. The van der Waals surface area contributed by atoms with Gasteiger partial charge < -0.3 is 5.73 Å². The molecule has 0 spiro atoms. The Bertz CT molecular complexity index is 309. The lowest BCUT2D eigenvalue weighted by Gasteiger charge is -2.30. The molecular formula is C12H26N2O2S. The molecule has 5 heteroatoms. The van der Waals surface area contributed by atoms with E-state index in [2.05, 4.69) is 18.6 Å². The first-order valence-corrected chi connectivity index (χ1v) is 8.23. The zero-order valence-electron chi connectivity index (χ0n) is 11.0. The lowest BCUT2D eigenvalue weighted by atomic mass is 9.83. The average molecular weight is 262 g/mol. The van der Waals surface area contributed by atoms with Crippen LogP contribution in [0.2, 0.25) is 0 Å². The number of nitrogens with one attached hydrogen (secondary N) is 1. The van der Waals surface area contributed by atoms with Crippen LogP contribution in [0.25, 0.3) is 0 Å². The molecule has 0 amide bonds. The highest BCUT2D eigenvalue weighted by atomic mass is 32.2. The van der Waals surface area contributed by atoms with E-state index in [1.54, 1.807) is 0 Å². The fourth-order valence-electron chi connectivity index (χ4n) is 2.43. The Morgan fingerprint density at radius 2 is 1.76 bits per heavy atom. The van der Waals surface area contributed by atoms with E-state index in [9.17, 15) is 8.42 Å². The van der Waals surface area contributed by atoms with Gasteiger partial charge in [0.05, 0.1) is 5.25 Å². The molecular weight excluding hydrogens is 236 g/mol. The summed E-state index contributed by atoms with van der Waals surface area (Å²) in [4.78, 5) is 0. The van der Waals surface area contributed by atoms with Crippen LogP contribution in [0, 0.1) is 5.41 Å². The summed E-state index contributed by atoms with van der Waals surface area (Å²) in [6.07, 6.45) is 5.51. The second kappa shape index (κ2) is 6.16. The van der Waals surface area contributed by atoms with Crippen LogP contribution in [0.5, 0.6) is 0 Å². The third-order valence-corrected chi connectivity index (χ3v) is 6.22. The molecule has 1 aliphatic rings. The highest BCUT2D eigenvalue weighted by Gasteiger charge is 2.32. The van der Waals surface area contributed by atoms with Crippen molar-refractivity contribution in [2.45, 2.75) is 57.6 Å². The van der Waals surface area contributed by atoms with E-state index in [1.165, 1.54) is 0 Å². The summed E-state index contributed by atoms with van der Waals surface area (Å²) in [7, 11) is -3.13. The van der Waals surface area contributed by atoms with Gasteiger partial charge >= 0.3 is 0 Å². The standard InChI is InChI=1S/C12H26N2O2S/c1-3-12(4-2,9-13)10-14-17(15,16)11-7-5-6-8-11/h11,14H,3-10,13H2,1-2H3. The van der Waals surface area contributed by atoms with Gasteiger partial charge in [0, 0.05) is 6.54 Å². The molecule has 0 aliphatic heterocycles. The summed E-state index contributed by atoms with van der Waals surface area (Å²) < 4.78 is 26.9. The van der Waals surface area contributed by atoms with Crippen LogP contribution in [0.15, 0.2) is 0 Å². The minimum atomic E-state index is -3.13. The lowest BCUT2D eigenvalue weighted by Crippen LogP contribution is -2.44. The van der Waals surface area contributed by atoms with Gasteiger partial charge in [-0.3, -0.25) is 0 Å². The summed E-state index contributed by atoms with van der Waals surface area (Å²) in [5, 5.41) is -0.174. The van der Waals surface area contributed by atoms with Gasteiger partial charge in [0.25, 0.3) is 0 Å². The summed E-state index contributed by atoms with van der Waals surface area (Å²) in [5.41, 5.74) is 5.70. The number of hydrogen-bond acceptors (Lipinski definition) is 3. The van der Waals surface area contributed by atoms with E-state index in [4.69, 9.17) is 5.73 Å². The third kappa shape index (κ3) is 3.66. The normalized spacial score (nSPS) is 18.8. The third-order valence-electron chi connectivity index (χ3n) is 4.32. The summed E-state index contributed by atoms with van der Waals surface area (Å²) >= 11 is 0. The Hall–Kier alpha value is -0.130. The second-order valence-electron chi connectivity index (χ2n) is 5.18. The highest BCUT2D eigenvalue weighted by molar-refractivity contribution is 7.90. The molecule has 1 saturated carbocycles. The van der Waals surface area contributed by atoms with E-state index in [0.29, 0.717) is 13.1 Å². The van der Waals surface area contributed by atoms with Gasteiger partial charge in [-0.2, -0.15) is 0 Å². The van der Waals surface area contributed by atoms with Crippen molar-refractivity contribution < 1.29 is 8.42 Å². The van der Waals surface area contributed by atoms with Gasteiger partial charge in [-0.1, -0.05) is 26.7 Å². The zero-order chi connectivity index (χ0) is 12.9. The van der Waals surface area contributed by atoms with Gasteiger partial charge in [0.15, 0.2) is 0 Å². The van der Waals surface area contributed by atoms with Crippen molar-refractivity contribution in [3.05, 3.63) is 0 Å². The van der Waals surface area contributed by atoms with Crippen molar-refractivity contribution in [3.63, 3.8) is 0 Å². The molecule has 0 aromatic rings. The van der Waals surface area contributed by atoms with Crippen molar-refractivity contribution in [1.82, 2.24) is 4.72 Å². The Labute approximate surface area is 105 Å². The maximum atomic E-state index is 12.1. The first-order chi connectivity index (χ1) is 7.99. The molecule has 0 atom stereocenters. The predicted molar refractivity (Wildman–Crippen MR) is 71.2 cm³/mol. The van der Waals surface area contributed by atoms with Gasteiger partial charge in [-0.05, 0) is 37.6 Å². The Kier molecular flexibility index (Phi) is 5.41. The Balaban J connectivity index is 2.59. The summed E-state index contributed by atoms with van der Waals surface area (Å²) in [5.74, 6) is 0. The Morgan fingerprint density at radius 3 is 2.18 bits per heavy atom. The van der Waals surface area contributed by atoms with E-state index in [0.717, 1.165) is 38.5 Å². The molecule has 0 unspecified atom stereocenters.